The van der Waals surface area contributed by atoms with Gasteiger partial charge in [-0.05, 0) is 54.4 Å². The SMILES string of the molecule is CC1CC(n2c(Cc3ccccc3)nc3cc(C(=O)O)ccc32)CC(C)(C)C1. The summed E-state index contributed by atoms with van der Waals surface area (Å²) in [5.74, 6) is 0.779. The molecule has 3 aromatic rings. The molecule has 0 saturated heterocycles. The fourth-order valence-electron chi connectivity index (χ4n) is 5.08. The Hall–Kier alpha value is -2.62. The second-order valence-corrected chi connectivity index (χ2v) is 9.14. The molecule has 1 fully saturated rings. The molecule has 1 heterocycles. The van der Waals surface area contributed by atoms with Crippen LogP contribution in [0.5, 0.6) is 0 Å². The van der Waals surface area contributed by atoms with Crippen molar-refractivity contribution in [2.24, 2.45) is 11.3 Å². The Bertz CT molecular complexity index is 1000. The lowest BCUT2D eigenvalue weighted by molar-refractivity contribution is 0.0697. The largest absolute Gasteiger partial charge is 0.478 e. The molecule has 1 N–H and O–H groups in total. The van der Waals surface area contributed by atoms with Gasteiger partial charge in [0, 0.05) is 12.5 Å². The number of carboxylic acid groups (broad SMARTS) is 1. The van der Waals surface area contributed by atoms with E-state index in [2.05, 4.69) is 49.6 Å². The van der Waals surface area contributed by atoms with Crippen LogP contribution in [0.3, 0.4) is 0 Å². The van der Waals surface area contributed by atoms with E-state index in [1.807, 2.05) is 12.1 Å². The van der Waals surface area contributed by atoms with Gasteiger partial charge in [0.2, 0.25) is 0 Å². The average molecular weight is 377 g/mol. The van der Waals surface area contributed by atoms with Gasteiger partial charge in [0.25, 0.3) is 0 Å². The highest BCUT2D eigenvalue weighted by Gasteiger charge is 2.34. The fraction of sp³-hybridized carbons (Fsp3) is 0.417. The lowest BCUT2D eigenvalue weighted by Crippen LogP contribution is -2.30. The van der Waals surface area contributed by atoms with Gasteiger partial charge in [-0.1, -0.05) is 51.1 Å². The van der Waals surface area contributed by atoms with Crippen LogP contribution in [0.15, 0.2) is 48.5 Å². The lowest BCUT2D eigenvalue weighted by atomic mass is 9.70. The minimum Gasteiger partial charge on any atom is -0.478 e. The van der Waals surface area contributed by atoms with Crippen molar-refractivity contribution in [3.63, 3.8) is 0 Å². The summed E-state index contributed by atoms with van der Waals surface area (Å²) < 4.78 is 2.39. The van der Waals surface area contributed by atoms with Gasteiger partial charge in [-0.25, -0.2) is 9.78 Å². The van der Waals surface area contributed by atoms with Gasteiger partial charge in [0.15, 0.2) is 0 Å². The van der Waals surface area contributed by atoms with Crippen molar-refractivity contribution in [3.8, 4) is 0 Å². The minimum atomic E-state index is -0.909. The molecule has 2 aromatic carbocycles. The summed E-state index contributed by atoms with van der Waals surface area (Å²) in [6, 6.07) is 16.1. The summed E-state index contributed by atoms with van der Waals surface area (Å²) in [6.45, 7) is 7.05. The summed E-state index contributed by atoms with van der Waals surface area (Å²) in [4.78, 5) is 16.3. The first-order valence-corrected chi connectivity index (χ1v) is 10.1. The van der Waals surface area contributed by atoms with Crippen molar-refractivity contribution in [1.82, 2.24) is 9.55 Å². The van der Waals surface area contributed by atoms with Crippen LogP contribution < -0.4 is 0 Å². The highest BCUT2D eigenvalue weighted by atomic mass is 16.4. The molecule has 0 aliphatic heterocycles. The first kappa shape index (κ1) is 18.7. The Morgan fingerprint density at radius 1 is 1.18 bits per heavy atom. The molecule has 4 rings (SSSR count). The molecule has 0 bridgehead atoms. The molecule has 1 aliphatic carbocycles. The van der Waals surface area contributed by atoms with Gasteiger partial charge >= 0.3 is 5.97 Å². The Morgan fingerprint density at radius 3 is 2.61 bits per heavy atom. The zero-order valence-corrected chi connectivity index (χ0v) is 16.9. The number of carboxylic acids is 1. The molecule has 0 spiro atoms. The van der Waals surface area contributed by atoms with E-state index in [0.29, 0.717) is 22.9 Å². The monoisotopic (exact) mass is 376 g/mol. The summed E-state index contributed by atoms with van der Waals surface area (Å²) in [5, 5.41) is 9.37. The van der Waals surface area contributed by atoms with Gasteiger partial charge in [-0.2, -0.15) is 0 Å². The molecule has 1 aromatic heterocycles. The summed E-state index contributed by atoms with van der Waals surface area (Å²) in [7, 11) is 0. The van der Waals surface area contributed by atoms with Crippen molar-refractivity contribution in [2.75, 3.05) is 0 Å². The maximum Gasteiger partial charge on any atom is 0.335 e. The second kappa shape index (κ2) is 7.08. The zero-order valence-electron chi connectivity index (χ0n) is 16.9. The molecule has 1 saturated carbocycles. The van der Waals surface area contributed by atoms with E-state index < -0.39 is 5.97 Å². The molecule has 2 atom stereocenters. The first-order valence-electron chi connectivity index (χ1n) is 10.1. The maximum atomic E-state index is 11.4. The quantitative estimate of drug-likeness (QED) is 0.634. The van der Waals surface area contributed by atoms with Gasteiger partial charge in [-0.3, -0.25) is 0 Å². The summed E-state index contributed by atoms with van der Waals surface area (Å²) >= 11 is 0. The van der Waals surface area contributed by atoms with Crippen molar-refractivity contribution in [1.29, 1.82) is 0 Å². The average Bonchev–Trinajstić information content (AvgIpc) is 2.97. The minimum absolute atomic E-state index is 0.292. The van der Waals surface area contributed by atoms with Crippen LogP contribution in [0, 0.1) is 11.3 Å². The predicted molar refractivity (Wildman–Crippen MR) is 112 cm³/mol. The maximum absolute atomic E-state index is 11.4. The molecule has 2 unspecified atom stereocenters. The van der Waals surface area contributed by atoms with Crippen LogP contribution in [0.1, 0.15) is 67.8 Å². The third kappa shape index (κ3) is 3.68. The summed E-state index contributed by atoms with van der Waals surface area (Å²) in [6.07, 6.45) is 4.25. The molecule has 1 aliphatic rings. The van der Waals surface area contributed by atoms with E-state index in [-0.39, 0.29) is 0 Å². The van der Waals surface area contributed by atoms with Crippen molar-refractivity contribution in [3.05, 3.63) is 65.5 Å². The number of hydrogen-bond donors (Lipinski definition) is 1. The van der Waals surface area contributed by atoms with E-state index in [1.54, 1.807) is 12.1 Å². The zero-order chi connectivity index (χ0) is 19.9. The Kier molecular flexibility index (Phi) is 4.74. The number of hydrogen-bond acceptors (Lipinski definition) is 2. The fourth-order valence-corrected chi connectivity index (χ4v) is 5.08. The van der Waals surface area contributed by atoms with Crippen LogP contribution in [0.25, 0.3) is 11.0 Å². The third-order valence-electron chi connectivity index (χ3n) is 5.94. The van der Waals surface area contributed by atoms with Crippen LogP contribution >= 0.6 is 0 Å². The van der Waals surface area contributed by atoms with Gasteiger partial charge in [0.05, 0.1) is 16.6 Å². The van der Waals surface area contributed by atoms with E-state index in [4.69, 9.17) is 4.98 Å². The lowest BCUT2D eigenvalue weighted by Gasteiger charge is -2.40. The Balaban J connectivity index is 1.83. The normalized spacial score (nSPS) is 21.7. The van der Waals surface area contributed by atoms with E-state index in [1.165, 1.54) is 12.0 Å². The van der Waals surface area contributed by atoms with Crippen LogP contribution in [-0.2, 0) is 6.42 Å². The number of aromatic carboxylic acids is 1. The molecule has 4 nitrogen and oxygen atoms in total. The third-order valence-corrected chi connectivity index (χ3v) is 5.94. The van der Waals surface area contributed by atoms with Gasteiger partial charge < -0.3 is 9.67 Å². The number of nitrogens with zero attached hydrogens (tertiary/aromatic N) is 2. The number of fused-ring (bicyclic) bond motifs is 1. The molecule has 0 amide bonds. The smallest absolute Gasteiger partial charge is 0.335 e. The van der Waals surface area contributed by atoms with Crippen molar-refractivity contribution in [2.45, 2.75) is 52.5 Å². The molecule has 0 radical (unpaired) electrons. The Morgan fingerprint density at radius 2 is 1.93 bits per heavy atom. The second-order valence-electron chi connectivity index (χ2n) is 9.14. The molecule has 146 valence electrons. The number of rotatable bonds is 4. The Labute approximate surface area is 166 Å². The van der Waals surface area contributed by atoms with Crippen molar-refractivity contribution >= 4 is 17.0 Å². The van der Waals surface area contributed by atoms with E-state index >= 15 is 0 Å². The first-order chi connectivity index (χ1) is 13.3. The van der Waals surface area contributed by atoms with E-state index in [9.17, 15) is 9.90 Å². The molecule has 28 heavy (non-hydrogen) atoms. The number of carbonyl (C=O) groups is 1. The number of imidazole rings is 1. The number of aromatic nitrogens is 2. The molecule has 4 heteroatoms. The number of benzene rings is 2. The highest BCUT2D eigenvalue weighted by Crippen LogP contribution is 2.45. The van der Waals surface area contributed by atoms with Crippen LogP contribution in [0.4, 0.5) is 0 Å². The van der Waals surface area contributed by atoms with Crippen LogP contribution in [0.2, 0.25) is 0 Å². The van der Waals surface area contributed by atoms with E-state index in [0.717, 1.165) is 36.1 Å². The van der Waals surface area contributed by atoms with Crippen LogP contribution in [-0.4, -0.2) is 20.6 Å². The molecular weight excluding hydrogens is 348 g/mol. The molecular formula is C24H28N2O2. The van der Waals surface area contributed by atoms with Gasteiger partial charge in [0.1, 0.15) is 5.82 Å². The van der Waals surface area contributed by atoms with Gasteiger partial charge in [-0.15, -0.1) is 0 Å². The highest BCUT2D eigenvalue weighted by molar-refractivity contribution is 5.92. The standard InChI is InChI=1S/C24H28N2O2/c1-16-11-19(15-24(2,3)14-16)26-21-10-9-18(23(27)28)13-20(21)25-22(26)12-17-7-5-4-6-8-17/h4-10,13,16,19H,11-12,14-15H2,1-3H3,(H,27,28). The van der Waals surface area contributed by atoms with Crippen molar-refractivity contribution < 1.29 is 9.90 Å². The topological polar surface area (TPSA) is 55.1 Å². The predicted octanol–water partition coefficient (Wildman–Crippen LogP) is 5.71. The summed E-state index contributed by atoms with van der Waals surface area (Å²) in [5.41, 5.74) is 3.64.